The highest BCUT2D eigenvalue weighted by atomic mass is 35.5. The average Bonchev–Trinajstić information content (AvgIpc) is 3.20. The molecule has 0 fully saturated rings. The summed E-state index contributed by atoms with van der Waals surface area (Å²) in [6.07, 6.45) is 0. The van der Waals surface area contributed by atoms with Crippen molar-refractivity contribution in [2.75, 3.05) is 7.11 Å². The molecule has 0 saturated heterocycles. The van der Waals surface area contributed by atoms with Crippen molar-refractivity contribution >= 4 is 22.6 Å². The normalized spacial score (nSPS) is 11.1. The molecule has 0 aliphatic carbocycles. The third kappa shape index (κ3) is 2.43. The molecule has 0 N–H and O–H groups in total. The van der Waals surface area contributed by atoms with Gasteiger partial charge in [-0.1, -0.05) is 22.8 Å². The number of rotatable bonds is 3. The molecule has 6 heteroatoms. The molecule has 0 radical (unpaired) electrons. The molecule has 2 aromatic heterocycles. The lowest BCUT2D eigenvalue weighted by Gasteiger charge is -1.97. The molecule has 120 valence electrons. The number of fused-ring (bicyclic) bond motifs is 1. The first-order valence-electron chi connectivity index (χ1n) is 7.33. The van der Waals surface area contributed by atoms with Gasteiger partial charge in [0.1, 0.15) is 11.3 Å². The van der Waals surface area contributed by atoms with Crippen molar-refractivity contribution < 1.29 is 13.7 Å². The number of hydrogen-bond donors (Lipinski definition) is 0. The SMILES string of the molecule is COc1ccc2oc(-c3noc(-c4cccc(Cl)c4)n3)c(C)c2c1. The number of aryl methyl sites for hydroxylation is 1. The predicted octanol–water partition coefficient (Wildman–Crippen LogP) is 5.12. The van der Waals surface area contributed by atoms with Crippen LogP contribution in [-0.4, -0.2) is 17.3 Å². The smallest absolute Gasteiger partial charge is 0.258 e. The van der Waals surface area contributed by atoms with Gasteiger partial charge in [-0.15, -0.1) is 0 Å². The summed E-state index contributed by atoms with van der Waals surface area (Å²) in [7, 11) is 1.63. The van der Waals surface area contributed by atoms with Gasteiger partial charge in [-0.25, -0.2) is 0 Å². The van der Waals surface area contributed by atoms with Gasteiger partial charge < -0.3 is 13.7 Å². The standard InChI is InChI=1S/C18H13ClN2O3/c1-10-14-9-13(22-2)6-7-15(14)23-16(10)17-20-18(24-21-17)11-4-3-5-12(19)8-11/h3-9H,1-2H3. The summed E-state index contributed by atoms with van der Waals surface area (Å²) in [5.41, 5.74) is 2.44. The Hall–Kier alpha value is -2.79. The van der Waals surface area contributed by atoms with Crippen LogP contribution >= 0.6 is 11.6 Å². The minimum absolute atomic E-state index is 0.393. The van der Waals surface area contributed by atoms with Crippen LogP contribution in [0, 0.1) is 6.92 Å². The van der Waals surface area contributed by atoms with Crippen molar-refractivity contribution in [1.29, 1.82) is 0 Å². The molecule has 0 unspecified atom stereocenters. The van der Waals surface area contributed by atoms with E-state index in [-0.39, 0.29) is 0 Å². The minimum Gasteiger partial charge on any atom is -0.497 e. The first-order chi connectivity index (χ1) is 11.7. The Bertz CT molecular complexity index is 1040. The number of halogens is 1. The third-order valence-electron chi connectivity index (χ3n) is 3.84. The molecule has 0 bridgehead atoms. The van der Waals surface area contributed by atoms with Crippen LogP contribution in [0.4, 0.5) is 0 Å². The van der Waals surface area contributed by atoms with E-state index < -0.39 is 0 Å². The van der Waals surface area contributed by atoms with Gasteiger partial charge in [0.25, 0.3) is 5.89 Å². The molecule has 2 heterocycles. The average molecular weight is 341 g/mol. The molecule has 0 aliphatic rings. The number of nitrogens with zero attached hydrogens (tertiary/aromatic N) is 2. The van der Waals surface area contributed by atoms with E-state index in [4.69, 9.17) is 25.3 Å². The lowest BCUT2D eigenvalue weighted by molar-refractivity contribution is 0.415. The quantitative estimate of drug-likeness (QED) is 0.518. The molecule has 24 heavy (non-hydrogen) atoms. The van der Waals surface area contributed by atoms with Crippen LogP contribution in [0.1, 0.15) is 5.56 Å². The zero-order valence-corrected chi connectivity index (χ0v) is 13.8. The molecule has 0 atom stereocenters. The minimum atomic E-state index is 0.393. The Morgan fingerprint density at radius 3 is 2.79 bits per heavy atom. The number of aromatic nitrogens is 2. The van der Waals surface area contributed by atoms with Gasteiger partial charge in [0.15, 0.2) is 5.76 Å². The summed E-state index contributed by atoms with van der Waals surface area (Å²) in [5.74, 6) is 2.14. The monoisotopic (exact) mass is 340 g/mol. The second-order valence-electron chi connectivity index (χ2n) is 5.35. The summed E-state index contributed by atoms with van der Waals surface area (Å²) in [5, 5.41) is 5.60. The second kappa shape index (κ2) is 5.69. The van der Waals surface area contributed by atoms with Crippen molar-refractivity contribution in [2.24, 2.45) is 0 Å². The van der Waals surface area contributed by atoms with Crippen LogP contribution in [0.2, 0.25) is 5.02 Å². The highest BCUT2D eigenvalue weighted by Crippen LogP contribution is 2.34. The number of hydrogen-bond acceptors (Lipinski definition) is 5. The van der Waals surface area contributed by atoms with E-state index in [1.807, 2.05) is 37.3 Å². The molecule has 4 rings (SSSR count). The van der Waals surface area contributed by atoms with Crippen LogP contribution in [0.3, 0.4) is 0 Å². The Kier molecular flexibility index (Phi) is 3.50. The van der Waals surface area contributed by atoms with Gasteiger partial charge in [-0.05, 0) is 43.3 Å². The molecule has 0 spiro atoms. The van der Waals surface area contributed by atoms with E-state index in [1.165, 1.54) is 0 Å². The first-order valence-corrected chi connectivity index (χ1v) is 7.70. The van der Waals surface area contributed by atoms with Gasteiger partial charge in [0, 0.05) is 21.5 Å². The largest absolute Gasteiger partial charge is 0.497 e. The summed E-state index contributed by atoms with van der Waals surface area (Å²) in [6, 6.07) is 12.9. The van der Waals surface area contributed by atoms with Gasteiger partial charge in [-0.2, -0.15) is 4.98 Å². The maximum atomic E-state index is 6.01. The van der Waals surface area contributed by atoms with Crippen LogP contribution in [0.5, 0.6) is 5.75 Å². The van der Waals surface area contributed by atoms with Crippen molar-refractivity contribution in [1.82, 2.24) is 10.1 Å². The third-order valence-corrected chi connectivity index (χ3v) is 4.08. The molecule has 0 saturated carbocycles. The van der Waals surface area contributed by atoms with Crippen LogP contribution in [-0.2, 0) is 0 Å². The van der Waals surface area contributed by atoms with E-state index in [0.29, 0.717) is 22.5 Å². The molecular formula is C18H13ClN2O3. The Morgan fingerprint density at radius 2 is 2.00 bits per heavy atom. The Labute approximate surface area is 142 Å². The lowest BCUT2D eigenvalue weighted by atomic mass is 10.1. The maximum absolute atomic E-state index is 6.01. The number of methoxy groups -OCH3 is 1. The highest BCUT2D eigenvalue weighted by molar-refractivity contribution is 6.30. The number of furan rings is 1. The fourth-order valence-corrected chi connectivity index (χ4v) is 2.79. The summed E-state index contributed by atoms with van der Waals surface area (Å²) in [4.78, 5) is 4.43. The van der Waals surface area contributed by atoms with Crippen LogP contribution in [0.25, 0.3) is 34.0 Å². The Morgan fingerprint density at radius 1 is 1.12 bits per heavy atom. The van der Waals surface area contributed by atoms with E-state index in [1.54, 1.807) is 19.2 Å². The Balaban J connectivity index is 1.79. The van der Waals surface area contributed by atoms with Gasteiger partial charge in [-0.3, -0.25) is 0 Å². The second-order valence-corrected chi connectivity index (χ2v) is 5.79. The fourth-order valence-electron chi connectivity index (χ4n) is 2.59. The van der Waals surface area contributed by atoms with Crippen LogP contribution < -0.4 is 4.74 Å². The van der Waals surface area contributed by atoms with Gasteiger partial charge in [0.05, 0.1) is 7.11 Å². The predicted molar refractivity (Wildman–Crippen MR) is 91.2 cm³/mol. The zero-order valence-electron chi connectivity index (χ0n) is 13.0. The molecule has 2 aromatic carbocycles. The van der Waals surface area contributed by atoms with Crippen molar-refractivity contribution in [2.45, 2.75) is 6.92 Å². The number of ether oxygens (including phenoxy) is 1. The van der Waals surface area contributed by atoms with Gasteiger partial charge >= 0.3 is 0 Å². The summed E-state index contributed by atoms with van der Waals surface area (Å²) < 4.78 is 16.5. The van der Waals surface area contributed by atoms with Crippen LogP contribution in [0.15, 0.2) is 51.4 Å². The zero-order chi connectivity index (χ0) is 16.7. The van der Waals surface area contributed by atoms with Gasteiger partial charge in [0.2, 0.25) is 5.82 Å². The van der Waals surface area contributed by atoms with Crippen molar-refractivity contribution in [3.63, 3.8) is 0 Å². The van der Waals surface area contributed by atoms with E-state index in [0.717, 1.165) is 27.8 Å². The molecule has 4 aromatic rings. The van der Waals surface area contributed by atoms with E-state index >= 15 is 0 Å². The highest BCUT2D eigenvalue weighted by Gasteiger charge is 2.19. The van der Waals surface area contributed by atoms with E-state index in [9.17, 15) is 0 Å². The molecular weight excluding hydrogens is 328 g/mol. The fraction of sp³-hybridized carbons (Fsp3) is 0.111. The number of benzene rings is 2. The molecule has 0 aliphatic heterocycles. The topological polar surface area (TPSA) is 61.3 Å². The first kappa shape index (κ1) is 14.8. The molecule has 0 amide bonds. The van der Waals surface area contributed by atoms with E-state index in [2.05, 4.69) is 10.1 Å². The van der Waals surface area contributed by atoms with Crippen molar-refractivity contribution in [3.05, 3.63) is 53.1 Å². The maximum Gasteiger partial charge on any atom is 0.258 e. The van der Waals surface area contributed by atoms with Crippen molar-refractivity contribution in [3.8, 4) is 28.8 Å². The summed E-state index contributed by atoms with van der Waals surface area (Å²) >= 11 is 6.01. The lowest BCUT2D eigenvalue weighted by Crippen LogP contribution is -1.82. The summed E-state index contributed by atoms with van der Waals surface area (Å²) in [6.45, 7) is 1.95. The molecule has 5 nitrogen and oxygen atoms in total.